The highest BCUT2D eigenvalue weighted by molar-refractivity contribution is 14.1. The van der Waals surface area contributed by atoms with Gasteiger partial charge in [-0.15, -0.1) is 11.3 Å². The predicted octanol–water partition coefficient (Wildman–Crippen LogP) is 5.99. The maximum Gasteiger partial charge on any atom is 0.0579 e. The predicted molar refractivity (Wildman–Crippen MR) is 97.8 cm³/mol. The SMILES string of the molecule is Cc1cc(I)ccc1NC(C)c1cc2ccccc2s1. The summed E-state index contributed by atoms with van der Waals surface area (Å²) in [6, 6.07) is 17.7. The molecule has 0 aliphatic carbocycles. The summed E-state index contributed by atoms with van der Waals surface area (Å²) in [5.41, 5.74) is 2.51. The summed E-state index contributed by atoms with van der Waals surface area (Å²) in [4.78, 5) is 1.38. The Morgan fingerprint density at radius 3 is 2.65 bits per heavy atom. The number of aryl methyl sites for hydroxylation is 1. The van der Waals surface area contributed by atoms with E-state index < -0.39 is 0 Å². The topological polar surface area (TPSA) is 12.0 Å². The van der Waals surface area contributed by atoms with Crippen molar-refractivity contribution in [2.75, 3.05) is 5.32 Å². The van der Waals surface area contributed by atoms with Gasteiger partial charge in [-0.2, -0.15) is 0 Å². The average Bonchev–Trinajstić information content (AvgIpc) is 2.86. The van der Waals surface area contributed by atoms with Gasteiger partial charge in [0.15, 0.2) is 0 Å². The molecule has 0 aliphatic heterocycles. The van der Waals surface area contributed by atoms with E-state index >= 15 is 0 Å². The van der Waals surface area contributed by atoms with E-state index in [1.54, 1.807) is 0 Å². The molecule has 0 spiro atoms. The van der Waals surface area contributed by atoms with Gasteiger partial charge in [-0.25, -0.2) is 0 Å². The molecule has 0 amide bonds. The molecule has 1 unspecified atom stereocenters. The van der Waals surface area contributed by atoms with E-state index in [1.807, 2.05) is 11.3 Å². The Bertz CT molecular complexity index is 715. The third-order valence-corrected chi connectivity index (χ3v) is 5.40. The quantitative estimate of drug-likeness (QED) is 0.539. The average molecular weight is 393 g/mol. The number of hydrogen-bond donors (Lipinski definition) is 1. The first-order valence-electron chi connectivity index (χ1n) is 6.64. The Kier molecular flexibility index (Phi) is 3.98. The molecule has 20 heavy (non-hydrogen) atoms. The van der Waals surface area contributed by atoms with Crippen LogP contribution in [0.4, 0.5) is 5.69 Å². The molecule has 1 heterocycles. The second-order valence-corrected chi connectivity index (χ2v) is 7.37. The van der Waals surface area contributed by atoms with Crippen LogP contribution in [0, 0.1) is 10.5 Å². The fourth-order valence-corrected chi connectivity index (χ4v) is 4.02. The van der Waals surface area contributed by atoms with Crippen LogP contribution in [0.1, 0.15) is 23.4 Å². The molecule has 0 saturated heterocycles. The molecule has 2 aromatic carbocycles. The lowest BCUT2D eigenvalue weighted by Crippen LogP contribution is -2.06. The largest absolute Gasteiger partial charge is 0.377 e. The van der Waals surface area contributed by atoms with Crippen LogP contribution in [-0.2, 0) is 0 Å². The molecule has 1 nitrogen and oxygen atoms in total. The van der Waals surface area contributed by atoms with Crippen molar-refractivity contribution in [2.45, 2.75) is 19.9 Å². The summed E-state index contributed by atoms with van der Waals surface area (Å²) in [5.74, 6) is 0. The van der Waals surface area contributed by atoms with E-state index in [1.165, 1.54) is 29.8 Å². The summed E-state index contributed by atoms with van der Waals surface area (Å²) in [7, 11) is 0. The van der Waals surface area contributed by atoms with Crippen molar-refractivity contribution >= 4 is 49.7 Å². The van der Waals surface area contributed by atoms with Crippen molar-refractivity contribution in [2.24, 2.45) is 0 Å². The summed E-state index contributed by atoms with van der Waals surface area (Å²) in [5, 5.41) is 4.96. The summed E-state index contributed by atoms with van der Waals surface area (Å²) in [6.45, 7) is 4.38. The van der Waals surface area contributed by atoms with E-state index in [2.05, 4.69) is 90.3 Å². The minimum atomic E-state index is 0.325. The summed E-state index contributed by atoms with van der Waals surface area (Å²) < 4.78 is 2.63. The molecule has 1 aromatic heterocycles. The maximum atomic E-state index is 3.62. The van der Waals surface area contributed by atoms with E-state index in [9.17, 15) is 0 Å². The van der Waals surface area contributed by atoms with Crippen molar-refractivity contribution in [1.82, 2.24) is 0 Å². The number of benzene rings is 2. The van der Waals surface area contributed by atoms with Gasteiger partial charge in [-0.1, -0.05) is 18.2 Å². The molecule has 102 valence electrons. The molecule has 0 bridgehead atoms. The minimum absolute atomic E-state index is 0.325. The van der Waals surface area contributed by atoms with Gasteiger partial charge in [0.2, 0.25) is 0 Å². The van der Waals surface area contributed by atoms with Crippen molar-refractivity contribution in [3.63, 3.8) is 0 Å². The number of hydrogen-bond acceptors (Lipinski definition) is 2. The second kappa shape index (κ2) is 5.74. The maximum absolute atomic E-state index is 3.62. The number of halogens is 1. The zero-order chi connectivity index (χ0) is 14.1. The van der Waals surface area contributed by atoms with Crippen LogP contribution >= 0.6 is 33.9 Å². The van der Waals surface area contributed by atoms with Crippen molar-refractivity contribution < 1.29 is 0 Å². The van der Waals surface area contributed by atoms with Crippen LogP contribution in [0.2, 0.25) is 0 Å². The van der Waals surface area contributed by atoms with Gasteiger partial charge in [0.05, 0.1) is 6.04 Å². The third-order valence-electron chi connectivity index (χ3n) is 3.43. The molecule has 1 atom stereocenters. The Morgan fingerprint density at radius 2 is 1.90 bits per heavy atom. The smallest absolute Gasteiger partial charge is 0.0579 e. The first kappa shape index (κ1) is 13.9. The van der Waals surface area contributed by atoms with Gasteiger partial charge in [-0.05, 0) is 77.7 Å². The highest BCUT2D eigenvalue weighted by atomic mass is 127. The van der Waals surface area contributed by atoms with Crippen LogP contribution in [0.3, 0.4) is 0 Å². The highest BCUT2D eigenvalue weighted by Crippen LogP contribution is 2.32. The molecule has 0 fully saturated rings. The van der Waals surface area contributed by atoms with E-state index in [4.69, 9.17) is 0 Å². The monoisotopic (exact) mass is 393 g/mol. The number of anilines is 1. The van der Waals surface area contributed by atoms with Gasteiger partial charge >= 0.3 is 0 Å². The Labute approximate surface area is 137 Å². The minimum Gasteiger partial charge on any atom is -0.377 e. The van der Waals surface area contributed by atoms with Crippen LogP contribution in [0.25, 0.3) is 10.1 Å². The Balaban J connectivity index is 1.86. The fourth-order valence-electron chi connectivity index (χ4n) is 2.31. The van der Waals surface area contributed by atoms with Crippen LogP contribution in [-0.4, -0.2) is 0 Å². The first-order valence-corrected chi connectivity index (χ1v) is 8.54. The molecular formula is C17H16INS. The van der Waals surface area contributed by atoms with Crippen molar-refractivity contribution in [3.05, 3.63) is 62.5 Å². The standard InChI is InChI=1S/C17H16INS/c1-11-9-14(18)7-8-15(11)19-12(2)17-10-13-5-3-4-6-16(13)20-17/h3-10,12,19H,1-2H3. The van der Waals surface area contributed by atoms with Gasteiger partial charge in [0.1, 0.15) is 0 Å². The summed E-state index contributed by atoms with van der Waals surface area (Å²) >= 11 is 4.22. The van der Waals surface area contributed by atoms with Crippen LogP contribution in [0.5, 0.6) is 0 Å². The van der Waals surface area contributed by atoms with Crippen molar-refractivity contribution in [3.8, 4) is 0 Å². The molecule has 0 aliphatic rings. The lowest BCUT2D eigenvalue weighted by Gasteiger charge is -2.16. The Hall–Kier alpha value is -1.07. The molecular weight excluding hydrogens is 377 g/mol. The molecule has 3 rings (SSSR count). The zero-order valence-corrected chi connectivity index (χ0v) is 14.5. The zero-order valence-electron chi connectivity index (χ0n) is 11.5. The van der Waals surface area contributed by atoms with Gasteiger partial charge < -0.3 is 5.32 Å². The van der Waals surface area contributed by atoms with Crippen molar-refractivity contribution in [1.29, 1.82) is 0 Å². The van der Waals surface area contributed by atoms with E-state index in [0.29, 0.717) is 6.04 Å². The number of fused-ring (bicyclic) bond motifs is 1. The molecule has 1 N–H and O–H groups in total. The van der Waals surface area contributed by atoms with E-state index in [-0.39, 0.29) is 0 Å². The second-order valence-electron chi connectivity index (χ2n) is 5.01. The molecule has 0 radical (unpaired) electrons. The van der Waals surface area contributed by atoms with Crippen LogP contribution in [0.15, 0.2) is 48.5 Å². The molecule has 0 saturated carbocycles. The number of rotatable bonds is 3. The molecule has 3 aromatic rings. The van der Waals surface area contributed by atoms with Crippen LogP contribution < -0.4 is 5.32 Å². The Morgan fingerprint density at radius 1 is 1.10 bits per heavy atom. The lowest BCUT2D eigenvalue weighted by molar-refractivity contribution is 0.906. The van der Waals surface area contributed by atoms with Gasteiger partial charge in [-0.3, -0.25) is 0 Å². The lowest BCUT2D eigenvalue weighted by atomic mass is 10.1. The highest BCUT2D eigenvalue weighted by Gasteiger charge is 2.10. The summed E-state index contributed by atoms with van der Waals surface area (Å²) in [6.07, 6.45) is 0. The first-order chi connectivity index (χ1) is 9.63. The fraction of sp³-hybridized carbons (Fsp3) is 0.176. The molecule has 3 heteroatoms. The van der Waals surface area contributed by atoms with E-state index in [0.717, 1.165) is 0 Å². The van der Waals surface area contributed by atoms with Gasteiger partial charge in [0, 0.05) is 18.8 Å². The number of nitrogens with one attached hydrogen (secondary N) is 1. The van der Waals surface area contributed by atoms with Gasteiger partial charge in [0.25, 0.3) is 0 Å². The number of thiophene rings is 1. The normalized spacial score (nSPS) is 12.6. The third kappa shape index (κ3) is 2.83.